The molecule has 1 aromatic heterocycles. The van der Waals surface area contributed by atoms with Crippen LogP contribution < -0.4 is 11.1 Å². The Morgan fingerprint density at radius 3 is 2.67 bits per heavy atom. The maximum Gasteiger partial charge on any atom is 0.318 e. The lowest BCUT2D eigenvalue weighted by molar-refractivity contribution is -0.117. The van der Waals surface area contributed by atoms with E-state index in [4.69, 9.17) is 5.73 Å². The van der Waals surface area contributed by atoms with Crippen molar-refractivity contribution in [2.75, 3.05) is 12.0 Å². The van der Waals surface area contributed by atoms with E-state index >= 15 is 0 Å². The Labute approximate surface area is 98.4 Å². The van der Waals surface area contributed by atoms with Gasteiger partial charge in [-0.15, -0.1) is 10.2 Å². The van der Waals surface area contributed by atoms with Crippen molar-refractivity contribution in [1.82, 2.24) is 15.5 Å². The number of nitrogens with zero attached hydrogens (tertiary/aromatic N) is 2. The molecule has 15 heavy (non-hydrogen) atoms. The number of carbonyl (C=O) groups excluding carboxylic acids is 2. The Hall–Kier alpha value is -0.800. The fourth-order valence-corrected chi connectivity index (χ4v) is 2.88. The van der Waals surface area contributed by atoms with Crippen molar-refractivity contribution in [3.8, 4) is 0 Å². The maximum atomic E-state index is 11.0. The number of urea groups is 1. The number of nitrogens with two attached hydrogens (primary N) is 1. The van der Waals surface area contributed by atoms with E-state index in [1.165, 1.54) is 34.9 Å². The van der Waals surface area contributed by atoms with Crippen LogP contribution in [0.15, 0.2) is 8.68 Å². The lowest BCUT2D eigenvalue weighted by atomic mass is 10.7. The number of hydrogen-bond acceptors (Lipinski definition) is 7. The van der Waals surface area contributed by atoms with E-state index < -0.39 is 11.9 Å². The van der Waals surface area contributed by atoms with E-state index in [9.17, 15) is 9.59 Å². The second-order valence-electron chi connectivity index (χ2n) is 2.24. The summed E-state index contributed by atoms with van der Waals surface area (Å²) in [4.78, 5) is 21.3. The number of aromatic nitrogens is 2. The molecule has 6 nitrogen and oxygen atoms in total. The van der Waals surface area contributed by atoms with Gasteiger partial charge in [0.1, 0.15) is 0 Å². The zero-order valence-electron chi connectivity index (χ0n) is 7.72. The van der Waals surface area contributed by atoms with E-state index in [-0.39, 0.29) is 5.75 Å². The fraction of sp³-hybridized carbons (Fsp3) is 0.333. The summed E-state index contributed by atoms with van der Waals surface area (Å²) in [6.07, 6.45) is 1.90. The first kappa shape index (κ1) is 12.3. The van der Waals surface area contributed by atoms with Gasteiger partial charge in [-0.1, -0.05) is 34.9 Å². The molecule has 9 heteroatoms. The first-order valence-electron chi connectivity index (χ1n) is 3.71. The summed E-state index contributed by atoms with van der Waals surface area (Å²) in [5.74, 6) is -0.334. The molecule has 0 aliphatic rings. The molecular weight excluding hydrogens is 256 g/mol. The van der Waals surface area contributed by atoms with Crippen LogP contribution in [0.3, 0.4) is 0 Å². The molecule has 0 spiro atoms. The highest BCUT2D eigenvalue weighted by Gasteiger charge is 2.08. The molecular formula is C6H8N4O2S3. The van der Waals surface area contributed by atoms with E-state index in [1.54, 1.807) is 0 Å². The molecule has 0 atom stereocenters. The SMILES string of the molecule is CSc1nnc(SCC(=O)NC(N)=O)s1. The summed E-state index contributed by atoms with van der Waals surface area (Å²) >= 11 is 4.11. The number of primary amides is 1. The molecule has 1 aromatic rings. The van der Waals surface area contributed by atoms with Gasteiger partial charge in [-0.3, -0.25) is 10.1 Å². The van der Waals surface area contributed by atoms with Crippen LogP contribution in [0.25, 0.3) is 0 Å². The van der Waals surface area contributed by atoms with Gasteiger partial charge >= 0.3 is 6.03 Å². The molecule has 82 valence electrons. The Bertz CT molecular complexity index is 367. The molecule has 3 amide bonds. The smallest absolute Gasteiger partial charge is 0.318 e. The zero-order valence-corrected chi connectivity index (χ0v) is 10.2. The van der Waals surface area contributed by atoms with Crippen LogP contribution in [0.2, 0.25) is 0 Å². The average molecular weight is 264 g/mol. The molecule has 0 aliphatic carbocycles. The third-order valence-corrected chi connectivity index (χ3v) is 4.18. The van der Waals surface area contributed by atoms with Crippen molar-refractivity contribution in [2.45, 2.75) is 8.68 Å². The maximum absolute atomic E-state index is 11.0. The molecule has 1 rings (SSSR count). The van der Waals surface area contributed by atoms with Crippen LogP contribution in [-0.2, 0) is 4.79 Å². The summed E-state index contributed by atoms with van der Waals surface area (Å²) in [5, 5.41) is 9.68. The van der Waals surface area contributed by atoms with Gasteiger partial charge in [0.05, 0.1) is 5.75 Å². The minimum Gasteiger partial charge on any atom is -0.351 e. The second-order valence-corrected chi connectivity index (χ2v) is 5.49. The Morgan fingerprint density at radius 2 is 2.13 bits per heavy atom. The minimum absolute atomic E-state index is 0.103. The predicted octanol–water partition coefficient (Wildman–Crippen LogP) is 0.547. The Balaban J connectivity index is 2.36. The van der Waals surface area contributed by atoms with Crippen molar-refractivity contribution >= 4 is 46.8 Å². The van der Waals surface area contributed by atoms with Gasteiger partial charge in [-0.05, 0) is 6.26 Å². The number of hydrogen-bond donors (Lipinski definition) is 2. The molecule has 0 radical (unpaired) electrons. The van der Waals surface area contributed by atoms with E-state index in [2.05, 4.69) is 10.2 Å². The molecule has 0 fully saturated rings. The van der Waals surface area contributed by atoms with Crippen LogP contribution >= 0.6 is 34.9 Å². The molecule has 3 N–H and O–H groups in total. The Kier molecular flexibility index (Phi) is 4.85. The van der Waals surface area contributed by atoms with E-state index in [0.29, 0.717) is 4.34 Å². The molecule has 0 bridgehead atoms. The molecule has 1 heterocycles. The van der Waals surface area contributed by atoms with Gasteiger partial charge in [0.25, 0.3) is 0 Å². The number of nitrogens with one attached hydrogen (secondary N) is 1. The quantitative estimate of drug-likeness (QED) is 0.771. The molecule has 0 saturated carbocycles. The second kappa shape index (κ2) is 5.93. The van der Waals surface area contributed by atoms with Crippen molar-refractivity contribution in [3.63, 3.8) is 0 Å². The van der Waals surface area contributed by atoms with Crippen molar-refractivity contribution in [2.24, 2.45) is 5.73 Å². The third-order valence-electron chi connectivity index (χ3n) is 1.15. The summed E-state index contributed by atoms with van der Waals surface area (Å²) in [6.45, 7) is 0. The van der Waals surface area contributed by atoms with E-state index in [0.717, 1.165) is 4.34 Å². The lowest BCUT2D eigenvalue weighted by Gasteiger charge is -1.97. The number of carbonyl (C=O) groups is 2. The molecule has 0 unspecified atom stereocenters. The largest absolute Gasteiger partial charge is 0.351 e. The highest BCUT2D eigenvalue weighted by molar-refractivity contribution is 8.03. The zero-order chi connectivity index (χ0) is 11.3. The monoisotopic (exact) mass is 264 g/mol. The number of amides is 3. The third kappa shape index (κ3) is 4.49. The van der Waals surface area contributed by atoms with Gasteiger partial charge in [-0.2, -0.15) is 0 Å². The average Bonchev–Trinajstić information content (AvgIpc) is 2.61. The molecule has 0 aromatic carbocycles. The number of imide groups is 1. The van der Waals surface area contributed by atoms with Crippen LogP contribution in [0.5, 0.6) is 0 Å². The number of thioether (sulfide) groups is 2. The Morgan fingerprint density at radius 1 is 1.47 bits per heavy atom. The highest BCUT2D eigenvalue weighted by Crippen LogP contribution is 2.26. The fourth-order valence-electron chi connectivity index (χ4n) is 0.639. The first-order chi connectivity index (χ1) is 7.11. The number of rotatable bonds is 4. The summed E-state index contributed by atoms with van der Waals surface area (Å²) in [6, 6.07) is -0.845. The van der Waals surface area contributed by atoms with Crippen LogP contribution in [0.4, 0.5) is 4.79 Å². The summed E-state index contributed by atoms with van der Waals surface area (Å²) in [7, 11) is 0. The van der Waals surface area contributed by atoms with Crippen molar-refractivity contribution in [1.29, 1.82) is 0 Å². The standard InChI is InChI=1S/C6H8N4O2S3/c1-13-5-9-10-6(15-5)14-2-3(11)8-4(7)12/h2H2,1H3,(H3,7,8,11,12). The van der Waals surface area contributed by atoms with Crippen LogP contribution in [0.1, 0.15) is 0 Å². The van der Waals surface area contributed by atoms with Gasteiger partial charge in [-0.25, -0.2) is 4.79 Å². The topological polar surface area (TPSA) is 98.0 Å². The highest BCUT2D eigenvalue weighted by atomic mass is 32.2. The molecule has 0 aliphatic heterocycles. The van der Waals surface area contributed by atoms with Gasteiger partial charge in [0.15, 0.2) is 8.68 Å². The van der Waals surface area contributed by atoms with Crippen molar-refractivity contribution in [3.05, 3.63) is 0 Å². The van der Waals surface area contributed by atoms with Crippen LogP contribution in [0, 0.1) is 0 Å². The lowest BCUT2D eigenvalue weighted by Crippen LogP contribution is -2.36. The van der Waals surface area contributed by atoms with Gasteiger partial charge in [0, 0.05) is 0 Å². The van der Waals surface area contributed by atoms with Crippen LogP contribution in [-0.4, -0.2) is 34.1 Å². The molecule has 0 saturated heterocycles. The first-order valence-corrected chi connectivity index (χ1v) is 6.74. The van der Waals surface area contributed by atoms with Crippen molar-refractivity contribution < 1.29 is 9.59 Å². The normalized spacial score (nSPS) is 9.93. The summed E-state index contributed by atoms with van der Waals surface area (Å²) < 4.78 is 1.53. The van der Waals surface area contributed by atoms with E-state index in [1.807, 2.05) is 11.6 Å². The minimum atomic E-state index is -0.845. The summed E-state index contributed by atoms with van der Waals surface area (Å²) in [5.41, 5.74) is 4.78. The predicted molar refractivity (Wildman–Crippen MR) is 60.1 cm³/mol. The van der Waals surface area contributed by atoms with Gasteiger partial charge in [0.2, 0.25) is 5.91 Å². The van der Waals surface area contributed by atoms with Gasteiger partial charge < -0.3 is 5.73 Å².